The van der Waals surface area contributed by atoms with Gasteiger partial charge < -0.3 is 9.42 Å². The number of nitrogens with zero attached hydrogens (tertiary/aromatic N) is 3. The van der Waals surface area contributed by atoms with Crippen molar-refractivity contribution in [2.24, 2.45) is 0 Å². The van der Waals surface area contributed by atoms with E-state index in [-0.39, 0.29) is 18.1 Å². The number of aryl methyl sites for hydroxylation is 2. The highest BCUT2D eigenvalue weighted by Gasteiger charge is 2.19. The number of amides is 1. The maximum atomic E-state index is 13.2. The van der Waals surface area contributed by atoms with Crippen molar-refractivity contribution in [3.63, 3.8) is 0 Å². The molecule has 3 rings (SSSR count). The molecule has 0 saturated heterocycles. The number of carbonyl (C=O) groups is 1. The van der Waals surface area contributed by atoms with Crippen LogP contribution in [-0.2, 0) is 17.8 Å². The van der Waals surface area contributed by atoms with Crippen molar-refractivity contribution in [1.29, 1.82) is 0 Å². The van der Waals surface area contributed by atoms with Crippen molar-refractivity contribution in [2.45, 2.75) is 26.8 Å². The van der Waals surface area contributed by atoms with Crippen LogP contribution < -0.4 is 4.90 Å². The molecule has 24 heavy (non-hydrogen) atoms. The Hall–Kier alpha value is -2.54. The number of hydrogen-bond acceptors (Lipinski definition) is 5. The number of benzene rings is 1. The third kappa shape index (κ3) is 3.86. The van der Waals surface area contributed by atoms with E-state index >= 15 is 0 Å². The van der Waals surface area contributed by atoms with Crippen LogP contribution in [0, 0.1) is 19.7 Å². The summed E-state index contributed by atoms with van der Waals surface area (Å²) in [7, 11) is 0. The van der Waals surface area contributed by atoms with E-state index in [9.17, 15) is 9.18 Å². The summed E-state index contributed by atoms with van der Waals surface area (Å²) in [5, 5.41) is 6.71. The van der Waals surface area contributed by atoms with E-state index in [1.54, 1.807) is 30.0 Å². The van der Waals surface area contributed by atoms with Gasteiger partial charge in [-0.2, -0.15) is 0 Å². The van der Waals surface area contributed by atoms with Gasteiger partial charge in [0.15, 0.2) is 0 Å². The molecule has 0 unspecified atom stereocenters. The summed E-state index contributed by atoms with van der Waals surface area (Å²) in [4.78, 5) is 18.7. The normalized spacial score (nSPS) is 10.8. The summed E-state index contributed by atoms with van der Waals surface area (Å²) in [6.45, 7) is 4.01. The van der Waals surface area contributed by atoms with Gasteiger partial charge in [-0.05, 0) is 38.1 Å². The topological polar surface area (TPSA) is 59.2 Å². The monoisotopic (exact) mass is 345 g/mol. The standard InChI is InChI=1S/C17H16FN3O2S/c1-11-7-14(20-23-11)8-17(22)21(9-15-10-24-12(2)19-15)16-5-3-13(18)4-6-16/h3-7,10H,8-9H2,1-2H3. The number of hydrogen-bond donors (Lipinski definition) is 0. The third-order valence-electron chi connectivity index (χ3n) is 3.44. The van der Waals surface area contributed by atoms with Crippen LogP contribution in [0.25, 0.3) is 0 Å². The molecule has 0 atom stereocenters. The highest BCUT2D eigenvalue weighted by Crippen LogP contribution is 2.20. The second-order valence-corrected chi connectivity index (χ2v) is 6.48. The molecular weight excluding hydrogens is 329 g/mol. The largest absolute Gasteiger partial charge is 0.361 e. The zero-order valence-corrected chi connectivity index (χ0v) is 14.1. The Morgan fingerprint density at radius 3 is 2.58 bits per heavy atom. The second-order valence-electron chi connectivity index (χ2n) is 5.42. The van der Waals surface area contributed by atoms with Gasteiger partial charge >= 0.3 is 0 Å². The number of carbonyl (C=O) groups excluding carboxylic acids is 1. The van der Waals surface area contributed by atoms with Gasteiger partial charge in [0.2, 0.25) is 5.91 Å². The van der Waals surface area contributed by atoms with E-state index in [1.165, 1.54) is 23.5 Å². The Labute approximate surface area is 142 Å². The zero-order chi connectivity index (χ0) is 17.1. The van der Waals surface area contributed by atoms with Gasteiger partial charge in [0.05, 0.1) is 29.4 Å². The summed E-state index contributed by atoms with van der Waals surface area (Å²) in [5.74, 6) is 0.157. The van der Waals surface area contributed by atoms with Gasteiger partial charge in [-0.25, -0.2) is 9.37 Å². The second kappa shape index (κ2) is 6.92. The van der Waals surface area contributed by atoms with E-state index in [4.69, 9.17) is 4.52 Å². The van der Waals surface area contributed by atoms with Crippen LogP contribution >= 0.6 is 11.3 Å². The first-order chi connectivity index (χ1) is 11.5. The molecular formula is C17H16FN3O2S. The van der Waals surface area contributed by atoms with E-state index in [2.05, 4.69) is 10.1 Å². The fourth-order valence-corrected chi connectivity index (χ4v) is 2.94. The predicted octanol–water partition coefficient (Wildman–Crippen LogP) is 3.66. The molecule has 1 aromatic carbocycles. The summed E-state index contributed by atoms with van der Waals surface area (Å²) in [5.41, 5.74) is 1.98. The number of aromatic nitrogens is 2. The molecule has 0 bridgehead atoms. The number of halogens is 1. The maximum Gasteiger partial charge on any atom is 0.233 e. The minimum atomic E-state index is -0.345. The van der Waals surface area contributed by atoms with Crippen LogP contribution in [0.4, 0.5) is 10.1 Å². The quantitative estimate of drug-likeness (QED) is 0.708. The molecule has 1 amide bonds. The molecule has 0 saturated carbocycles. The lowest BCUT2D eigenvalue weighted by Crippen LogP contribution is -2.32. The van der Waals surface area contributed by atoms with Crippen molar-refractivity contribution in [1.82, 2.24) is 10.1 Å². The van der Waals surface area contributed by atoms with Crippen molar-refractivity contribution in [2.75, 3.05) is 4.90 Å². The summed E-state index contributed by atoms with van der Waals surface area (Å²) in [6.07, 6.45) is 0.109. The van der Waals surface area contributed by atoms with Crippen LogP contribution in [0.5, 0.6) is 0 Å². The smallest absolute Gasteiger partial charge is 0.233 e. The van der Waals surface area contributed by atoms with Crippen LogP contribution in [0.1, 0.15) is 22.2 Å². The van der Waals surface area contributed by atoms with Gasteiger partial charge in [-0.15, -0.1) is 11.3 Å². The highest BCUT2D eigenvalue weighted by molar-refractivity contribution is 7.09. The molecule has 0 radical (unpaired) electrons. The molecule has 3 aromatic rings. The summed E-state index contributed by atoms with van der Waals surface area (Å²) >= 11 is 1.53. The summed E-state index contributed by atoms with van der Waals surface area (Å²) < 4.78 is 18.2. The minimum absolute atomic E-state index is 0.109. The van der Waals surface area contributed by atoms with Crippen molar-refractivity contribution in [3.05, 3.63) is 63.7 Å². The Balaban J connectivity index is 1.85. The molecule has 0 N–H and O–H groups in total. The zero-order valence-electron chi connectivity index (χ0n) is 13.3. The average molecular weight is 345 g/mol. The number of thiazole rings is 1. The molecule has 2 aromatic heterocycles. The molecule has 0 aliphatic carbocycles. The summed E-state index contributed by atoms with van der Waals surface area (Å²) in [6, 6.07) is 7.57. The third-order valence-corrected chi connectivity index (χ3v) is 4.26. The van der Waals surface area contributed by atoms with Crippen molar-refractivity contribution >= 4 is 22.9 Å². The van der Waals surface area contributed by atoms with Crippen molar-refractivity contribution < 1.29 is 13.7 Å². The van der Waals surface area contributed by atoms with Crippen LogP contribution in [0.2, 0.25) is 0 Å². The van der Waals surface area contributed by atoms with Crippen LogP contribution in [0.15, 0.2) is 40.2 Å². The lowest BCUT2D eigenvalue weighted by atomic mass is 10.2. The molecule has 7 heteroatoms. The number of rotatable bonds is 5. The van der Waals surface area contributed by atoms with Gasteiger partial charge in [-0.3, -0.25) is 4.79 Å². The van der Waals surface area contributed by atoms with Gasteiger partial charge in [0.1, 0.15) is 11.6 Å². The van der Waals surface area contributed by atoms with Gasteiger partial charge in [-0.1, -0.05) is 5.16 Å². The Bertz CT molecular complexity index is 842. The molecule has 124 valence electrons. The predicted molar refractivity (Wildman–Crippen MR) is 89.4 cm³/mol. The van der Waals surface area contributed by atoms with Crippen molar-refractivity contribution in [3.8, 4) is 0 Å². The molecule has 0 aliphatic rings. The molecule has 0 spiro atoms. The fraction of sp³-hybridized carbons (Fsp3) is 0.235. The SMILES string of the molecule is Cc1cc(CC(=O)N(Cc2csc(C)n2)c2ccc(F)cc2)no1. The highest BCUT2D eigenvalue weighted by atomic mass is 32.1. The van der Waals surface area contributed by atoms with Gasteiger partial charge in [0, 0.05) is 17.1 Å². The maximum absolute atomic E-state index is 13.2. The minimum Gasteiger partial charge on any atom is -0.361 e. The van der Waals surface area contributed by atoms with E-state index in [0.29, 0.717) is 23.7 Å². The first kappa shape index (κ1) is 16.3. The Morgan fingerprint density at radius 2 is 2.00 bits per heavy atom. The first-order valence-corrected chi connectivity index (χ1v) is 8.28. The fourth-order valence-electron chi connectivity index (χ4n) is 2.34. The van der Waals surface area contributed by atoms with E-state index in [1.807, 2.05) is 12.3 Å². The van der Waals surface area contributed by atoms with Gasteiger partial charge in [0.25, 0.3) is 0 Å². The average Bonchev–Trinajstić information content (AvgIpc) is 3.14. The van der Waals surface area contributed by atoms with Crippen LogP contribution in [-0.4, -0.2) is 16.0 Å². The lowest BCUT2D eigenvalue weighted by Gasteiger charge is -2.21. The molecule has 0 aliphatic heterocycles. The Kier molecular flexibility index (Phi) is 4.71. The van der Waals surface area contributed by atoms with E-state index in [0.717, 1.165) is 10.7 Å². The molecule has 5 nitrogen and oxygen atoms in total. The van der Waals surface area contributed by atoms with Crippen LogP contribution in [0.3, 0.4) is 0 Å². The Morgan fingerprint density at radius 1 is 1.25 bits per heavy atom. The van der Waals surface area contributed by atoms with E-state index < -0.39 is 0 Å². The lowest BCUT2D eigenvalue weighted by molar-refractivity contribution is -0.118. The number of anilines is 1. The first-order valence-electron chi connectivity index (χ1n) is 7.40. The molecule has 2 heterocycles. The molecule has 0 fully saturated rings.